The third kappa shape index (κ3) is 2.95. The minimum Gasteiger partial charge on any atom is -0.479 e. The molecule has 0 saturated carbocycles. The first-order valence-corrected chi connectivity index (χ1v) is 4.65. The Morgan fingerprint density at radius 2 is 1.93 bits per heavy atom. The second kappa shape index (κ2) is 4.31. The van der Waals surface area contributed by atoms with E-state index in [0.717, 1.165) is 5.69 Å². The summed E-state index contributed by atoms with van der Waals surface area (Å²) >= 11 is 0. The second-order valence-electron chi connectivity index (χ2n) is 3.77. The molecule has 1 unspecified atom stereocenters. The van der Waals surface area contributed by atoms with Crippen LogP contribution in [0.15, 0.2) is 30.3 Å². The molecule has 1 aromatic rings. The number of aliphatic carboxylic acids is 1. The Labute approximate surface area is 88.8 Å². The molecule has 4 nitrogen and oxygen atoms in total. The van der Waals surface area contributed by atoms with Crippen molar-refractivity contribution in [1.82, 2.24) is 0 Å². The van der Waals surface area contributed by atoms with Gasteiger partial charge >= 0.3 is 5.97 Å². The van der Waals surface area contributed by atoms with Crippen LogP contribution < -0.4 is 4.90 Å². The molecule has 1 aromatic carbocycles. The maximum absolute atomic E-state index is 10.7. The summed E-state index contributed by atoms with van der Waals surface area (Å²) in [7, 11) is 1.74. The van der Waals surface area contributed by atoms with Gasteiger partial charge in [0.2, 0.25) is 0 Å². The fraction of sp³-hybridized carbons (Fsp3) is 0.364. The third-order valence-electron chi connectivity index (χ3n) is 2.20. The SMILES string of the molecule is CN(CC(C)(O)C(=O)O)c1ccccc1. The van der Waals surface area contributed by atoms with Gasteiger partial charge in [0.05, 0.1) is 6.54 Å². The molecule has 0 fully saturated rings. The zero-order valence-corrected chi connectivity index (χ0v) is 8.84. The van der Waals surface area contributed by atoms with Crippen LogP contribution in [-0.4, -0.2) is 35.4 Å². The normalized spacial score (nSPS) is 14.3. The summed E-state index contributed by atoms with van der Waals surface area (Å²) in [6, 6.07) is 9.32. The summed E-state index contributed by atoms with van der Waals surface area (Å²) in [6.07, 6.45) is 0. The van der Waals surface area contributed by atoms with Crippen molar-refractivity contribution in [2.45, 2.75) is 12.5 Å². The molecule has 0 heterocycles. The molecule has 1 atom stereocenters. The van der Waals surface area contributed by atoms with Gasteiger partial charge in [-0.05, 0) is 19.1 Å². The van der Waals surface area contributed by atoms with Crippen molar-refractivity contribution in [2.24, 2.45) is 0 Å². The lowest BCUT2D eigenvalue weighted by Gasteiger charge is -2.26. The number of carboxylic acid groups (broad SMARTS) is 1. The Morgan fingerprint density at radius 3 is 2.40 bits per heavy atom. The largest absolute Gasteiger partial charge is 0.479 e. The molecule has 0 aliphatic rings. The van der Waals surface area contributed by atoms with E-state index in [1.807, 2.05) is 30.3 Å². The van der Waals surface area contributed by atoms with Gasteiger partial charge in [0.25, 0.3) is 0 Å². The van der Waals surface area contributed by atoms with Gasteiger partial charge in [0.15, 0.2) is 5.60 Å². The number of nitrogens with zero attached hydrogens (tertiary/aromatic N) is 1. The summed E-state index contributed by atoms with van der Waals surface area (Å²) in [5.74, 6) is -1.22. The van der Waals surface area contributed by atoms with E-state index in [2.05, 4.69) is 0 Å². The van der Waals surface area contributed by atoms with Gasteiger partial charge in [0, 0.05) is 12.7 Å². The molecular weight excluding hydrogens is 194 g/mol. The molecule has 0 aliphatic heterocycles. The molecule has 0 radical (unpaired) electrons. The number of carboxylic acids is 1. The number of para-hydroxylation sites is 1. The molecule has 82 valence electrons. The number of benzene rings is 1. The van der Waals surface area contributed by atoms with Crippen LogP contribution in [0.4, 0.5) is 5.69 Å². The molecule has 1 rings (SSSR count). The minimum absolute atomic E-state index is 0.0480. The van der Waals surface area contributed by atoms with E-state index in [-0.39, 0.29) is 6.54 Å². The lowest BCUT2D eigenvalue weighted by molar-refractivity contribution is -0.155. The van der Waals surface area contributed by atoms with Gasteiger partial charge in [-0.15, -0.1) is 0 Å². The smallest absolute Gasteiger partial charge is 0.337 e. The van der Waals surface area contributed by atoms with Crippen molar-refractivity contribution >= 4 is 11.7 Å². The molecule has 0 amide bonds. The van der Waals surface area contributed by atoms with E-state index in [1.54, 1.807) is 11.9 Å². The highest BCUT2D eigenvalue weighted by Gasteiger charge is 2.31. The minimum atomic E-state index is -1.73. The Bertz CT molecular complexity index is 335. The summed E-state index contributed by atoms with van der Waals surface area (Å²) in [5, 5.41) is 18.3. The van der Waals surface area contributed by atoms with Crippen LogP contribution in [0.25, 0.3) is 0 Å². The van der Waals surface area contributed by atoms with Crippen molar-refractivity contribution in [3.63, 3.8) is 0 Å². The molecule has 0 aromatic heterocycles. The fourth-order valence-electron chi connectivity index (χ4n) is 1.30. The lowest BCUT2D eigenvalue weighted by atomic mass is 10.1. The monoisotopic (exact) mass is 209 g/mol. The zero-order valence-electron chi connectivity index (χ0n) is 8.84. The summed E-state index contributed by atoms with van der Waals surface area (Å²) < 4.78 is 0. The number of hydrogen-bond acceptors (Lipinski definition) is 3. The number of likely N-dealkylation sites (N-methyl/N-ethyl adjacent to an activating group) is 1. The van der Waals surface area contributed by atoms with Gasteiger partial charge in [-0.3, -0.25) is 0 Å². The second-order valence-corrected chi connectivity index (χ2v) is 3.77. The first kappa shape index (κ1) is 11.5. The Kier molecular flexibility index (Phi) is 3.31. The Balaban J connectivity index is 2.72. The van der Waals surface area contributed by atoms with E-state index in [1.165, 1.54) is 6.92 Å². The highest BCUT2D eigenvalue weighted by Crippen LogP contribution is 2.14. The first-order valence-electron chi connectivity index (χ1n) is 4.65. The van der Waals surface area contributed by atoms with Gasteiger partial charge in [-0.25, -0.2) is 4.79 Å². The predicted octanol–water partition coefficient (Wildman–Crippen LogP) is 0.958. The van der Waals surface area contributed by atoms with E-state index < -0.39 is 11.6 Å². The Hall–Kier alpha value is -1.55. The van der Waals surface area contributed by atoms with Crippen LogP contribution in [0.2, 0.25) is 0 Å². The molecule has 15 heavy (non-hydrogen) atoms. The maximum Gasteiger partial charge on any atom is 0.337 e. The number of carbonyl (C=O) groups is 1. The van der Waals surface area contributed by atoms with Gasteiger partial charge < -0.3 is 15.1 Å². The van der Waals surface area contributed by atoms with Crippen molar-refractivity contribution in [2.75, 3.05) is 18.5 Å². The van der Waals surface area contributed by atoms with Crippen molar-refractivity contribution in [3.8, 4) is 0 Å². The molecule has 2 N–H and O–H groups in total. The van der Waals surface area contributed by atoms with E-state index >= 15 is 0 Å². The number of rotatable bonds is 4. The summed E-state index contributed by atoms with van der Waals surface area (Å²) in [6.45, 7) is 1.33. The van der Waals surface area contributed by atoms with Crippen LogP contribution in [-0.2, 0) is 4.79 Å². The Morgan fingerprint density at radius 1 is 1.40 bits per heavy atom. The van der Waals surface area contributed by atoms with Crippen LogP contribution in [0.3, 0.4) is 0 Å². The van der Waals surface area contributed by atoms with Crippen molar-refractivity contribution in [1.29, 1.82) is 0 Å². The number of hydrogen-bond donors (Lipinski definition) is 2. The van der Waals surface area contributed by atoms with Crippen LogP contribution >= 0.6 is 0 Å². The highest BCUT2D eigenvalue weighted by molar-refractivity contribution is 5.77. The topological polar surface area (TPSA) is 60.8 Å². The zero-order chi connectivity index (χ0) is 11.5. The molecular formula is C11H15NO3. The van der Waals surface area contributed by atoms with Crippen LogP contribution in [0.5, 0.6) is 0 Å². The quantitative estimate of drug-likeness (QED) is 0.775. The predicted molar refractivity (Wildman–Crippen MR) is 58.0 cm³/mol. The maximum atomic E-state index is 10.7. The first-order chi connectivity index (χ1) is 6.93. The molecule has 4 heteroatoms. The highest BCUT2D eigenvalue weighted by atomic mass is 16.4. The number of aliphatic hydroxyl groups is 1. The van der Waals surface area contributed by atoms with Crippen LogP contribution in [0, 0.1) is 0 Å². The van der Waals surface area contributed by atoms with E-state index in [9.17, 15) is 9.90 Å². The molecule has 0 spiro atoms. The number of anilines is 1. The van der Waals surface area contributed by atoms with Gasteiger partial charge in [-0.1, -0.05) is 18.2 Å². The third-order valence-corrected chi connectivity index (χ3v) is 2.20. The molecule has 0 bridgehead atoms. The van der Waals surface area contributed by atoms with E-state index in [4.69, 9.17) is 5.11 Å². The lowest BCUT2D eigenvalue weighted by Crippen LogP contribution is -2.45. The standard InChI is InChI=1S/C11H15NO3/c1-11(15,10(13)14)8-12(2)9-6-4-3-5-7-9/h3-7,15H,8H2,1-2H3,(H,13,14). The van der Waals surface area contributed by atoms with Gasteiger partial charge in [-0.2, -0.15) is 0 Å². The van der Waals surface area contributed by atoms with E-state index in [0.29, 0.717) is 0 Å². The summed E-state index contributed by atoms with van der Waals surface area (Å²) in [5.41, 5.74) is -0.857. The molecule has 0 aliphatic carbocycles. The summed E-state index contributed by atoms with van der Waals surface area (Å²) in [4.78, 5) is 12.4. The average Bonchev–Trinajstić information content (AvgIpc) is 2.18. The molecule has 0 saturated heterocycles. The fourth-order valence-corrected chi connectivity index (χ4v) is 1.30. The average molecular weight is 209 g/mol. The van der Waals surface area contributed by atoms with Crippen molar-refractivity contribution in [3.05, 3.63) is 30.3 Å². The van der Waals surface area contributed by atoms with Crippen molar-refractivity contribution < 1.29 is 15.0 Å². The van der Waals surface area contributed by atoms with Gasteiger partial charge in [0.1, 0.15) is 0 Å². The van der Waals surface area contributed by atoms with Crippen LogP contribution in [0.1, 0.15) is 6.92 Å².